The summed E-state index contributed by atoms with van der Waals surface area (Å²) in [5, 5.41) is 14.1. The molecule has 0 saturated heterocycles. The number of carboxylic acid groups (broad SMARTS) is 1. The number of benzene rings is 2. The lowest BCUT2D eigenvalue weighted by atomic mass is 9.98. The number of carbonyl (C=O) groups excluding carboxylic acids is 2. The summed E-state index contributed by atoms with van der Waals surface area (Å²) in [4.78, 5) is 34.3. The summed E-state index contributed by atoms with van der Waals surface area (Å²) >= 11 is 0. The number of ether oxygens (including phenoxy) is 1. The number of rotatable bonds is 12. The van der Waals surface area contributed by atoms with Crippen LogP contribution in [0.2, 0.25) is 0 Å². The van der Waals surface area contributed by atoms with Gasteiger partial charge in [0.15, 0.2) is 0 Å². The Morgan fingerprint density at radius 1 is 0.781 bits per heavy atom. The summed E-state index contributed by atoms with van der Waals surface area (Å²) < 4.78 is 5.49. The Bertz CT molecular complexity index is 898. The predicted octanol–water partition coefficient (Wildman–Crippen LogP) is 4.07. The maximum atomic E-state index is 12.1. The molecule has 0 fully saturated rings. The van der Waals surface area contributed by atoms with Crippen LogP contribution < -0.4 is 10.6 Å². The largest absolute Gasteiger partial charge is 0.481 e. The van der Waals surface area contributed by atoms with Gasteiger partial charge in [-0.3, -0.25) is 9.59 Å². The standard InChI is InChI=1S/C25H30N2O5/c28-23(26-15-8-6-14-24(29)30)13-5-7-16-27-25(31)32-17-22-20-11-3-1-9-18(20)19-10-2-4-12-21(19)22/h1-4,9-12,22H,5-8,13-17H2,(H,26,28)(H,27,31)(H,29,30). The van der Waals surface area contributed by atoms with E-state index in [1.807, 2.05) is 24.3 Å². The van der Waals surface area contributed by atoms with E-state index < -0.39 is 12.1 Å². The lowest BCUT2D eigenvalue weighted by Crippen LogP contribution is -2.27. The van der Waals surface area contributed by atoms with Gasteiger partial charge in [0.2, 0.25) is 5.91 Å². The Morgan fingerprint density at radius 3 is 1.97 bits per heavy atom. The molecule has 2 aromatic carbocycles. The molecule has 2 amide bonds. The van der Waals surface area contributed by atoms with Crippen LogP contribution in [0.1, 0.15) is 55.6 Å². The van der Waals surface area contributed by atoms with Crippen LogP contribution in [0.4, 0.5) is 4.79 Å². The molecule has 1 aliphatic rings. The molecule has 0 spiro atoms. The molecular weight excluding hydrogens is 408 g/mol. The van der Waals surface area contributed by atoms with Crippen LogP contribution >= 0.6 is 0 Å². The van der Waals surface area contributed by atoms with Crippen LogP contribution in [0, 0.1) is 0 Å². The number of hydrogen-bond acceptors (Lipinski definition) is 4. The zero-order chi connectivity index (χ0) is 22.8. The Morgan fingerprint density at radius 2 is 1.34 bits per heavy atom. The molecular formula is C25H30N2O5. The first-order chi connectivity index (χ1) is 15.6. The van der Waals surface area contributed by atoms with Crippen molar-refractivity contribution in [3.05, 3.63) is 59.7 Å². The SMILES string of the molecule is O=C(O)CCCCNC(=O)CCCCNC(=O)OCC1c2ccccc2-c2ccccc21. The van der Waals surface area contributed by atoms with E-state index in [-0.39, 0.29) is 24.9 Å². The summed E-state index contributed by atoms with van der Waals surface area (Å²) in [7, 11) is 0. The third-order valence-corrected chi connectivity index (χ3v) is 5.58. The maximum Gasteiger partial charge on any atom is 0.407 e. The van der Waals surface area contributed by atoms with E-state index in [0.29, 0.717) is 45.2 Å². The molecule has 0 saturated carbocycles. The molecule has 7 heteroatoms. The number of unbranched alkanes of at least 4 members (excludes halogenated alkanes) is 2. The molecule has 3 rings (SSSR count). The van der Waals surface area contributed by atoms with Crippen molar-refractivity contribution in [2.75, 3.05) is 19.7 Å². The van der Waals surface area contributed by atoms with Crippen molar-refractivity contribution in [2.45, 2.75) is 44.4 Å². The molecule has 0 heterocycles. The lowest BCUT2D eigenvalue weighted by molar-refractivity contribution is -0.137. The first-order valence-corrected chi connectivity index (χ1v) is 11.1. The topological polar surface area (TPSA) is 105 Å². The highest BCUT2D eigenvalue weighted by Gasteiger charge is 2.28. The van der Waals surface area contributed by atoms with Gasteiger partial charge in [-0.1, -0.05) is 48.5 Å². The summed E-state index contributed by atoms with van der Waals surface area (Å²) in [5.74, 6) is -0.839. The van der Waals surface area contributed by atoms with Crippen molar-refractivity contribution in [3.63, 3.8) is 0 Å². The second-order valence-electron chi connectivity index (χ2n) is 7.91. The van der Waals surface area contributed by atoms with Crippen LogP contribution in [-0.2, 0) is 14.3 Å². The number of amides is 2. The smallest absolute Gasteiger partial charge is 0.407 e. The zero-order valence-electron chi connectivity index (χ0n) is 18.1. The number of nitrogens with one attached hydrogen (secondary N) is 2. The van der Waals surface area contributed by atoms with Crippen molar-refractivity contribution in [1.29, 1.82) is 0 Å². The van der Waals surface area contributed by atoms with Crippen molar-refractivity contribution in [1.82, 2.24) is 10.6 Å². The number of hydrogen-bond donors (Lipinski definition) is 3. The Hall–Kier alpha value is -3.35. The molecule has 1 aliphatic carbocycles. The molecule has 170 valence electrons. The van der Waals surface area contributed by atoms with Crippen LogP contribution in [0.15, 0.2) is 48.5 Å². The highest BCUT2D eigenvalue weighted by atomic mass is 16.5. The number of aliphatic carboxylic acids is 1. The number of fused-ring (bicyclic) bond motifs is 3. The summed E-state index contributed by atoms with van der Waals surface area (Å²) in [5.41, 5.74) is 4.74. The van der Waals surface area contributed by atoms with E-state index in [9.17, 15) is 14.4 Å². The normalized spacial score (nSPS) is 12.0. The number of alkyl carbamates (subject to hydrolysis) is 1. The highest BCUT2D eigenvalue weighted by molar-refractivity contribution is 5.79. The molecule has 2 aromatic rings. The second kappa shape index (κ2) is 11.9. The Balaban J connectivity index is 1.30. The Kier molecular flexibility index (Phi) is 8.66. The van der Waals surface area contributed by atoms with Crippen molar-refractivity contribution < 1.29 is 24.2 Å². The van der Waals surface area contributed by atoms with Gasteiger partial charge < -0.3 is 20.5 Å². The van der Waals surface area contributed by atoms with E-state index in [0.717, 1.165) is 0 Å². The summed E-state index contributed by atoms with van der Waals surface area (Å²) in [6, 6.07) is 16.4. The average molecular weight is 439 g/mol. The number of carbonyl (C=O) groups is 3. The van der Waals surface area contributed by atoms with Gasteiger partial charge in [-0.15, -0.1) is 0 Å². The molecule has 0 unspecified atom stereocenters. The lowest BCUT2D eigenvalue weighted by Gasteiger charge is -2.14. The van der Waals surface area contributed by atoms with E-state index in [4.69, 9.17) is 9.84 Å². The molecule has 32 heavy (non-hydrogen) atoms. The number of carboxylic acids is 1. The van der Waals surface area contributed by atoms with Gasteiger partial charge in [0.1, 0.15) is 6.61 Å². The third kappa shape index (κ3) is 6.57. The van der Waals surface area contributed by atoms with Crippen molar-refractivity contribution in [3.8, 4) is 11.1 Å². The second-order valence-corrected chi connectivity index (χ2v) is 7.91. The van der Waals surface area contributed by atoms with Crippen molar-refractivity contribution >= 4 is 18.0 Å². The Labute approximate surface area is 188 Å². The van der Waals surface area contributed by atoms with E-state index in [1.165, 1.54) is 22.3 Å². The predicted molar refractivity (Wildman–Crippen MR) is 121 cm³/mol. The fourth-order valence-corrected chi connectivity index (χ4v) is 3.97. The van der Waals surface area contributed by atoms with E-state index in [1.54, 1.807) is 0 Å². The summed E-state index contributed by atoms with van der Waals surface area (Å²) in [6.45, 7) is 1.22. The molecule has 0 radical (unpaired) electrons. The van der Waals surface area contributed by atoms with Gasteiger partial charge in [0.05, 0.1) is 0 Å². The maximum absolute atomic E-state index is 12.1. The van der Waals surface area contributed by atoms with E-state index >= 15 is 0 Å². The van der Waals surface area contributed by atoms with E-state index in [2.05, 4.69) is 34.9 Å². The molecule has 3 N–H and O–H groups in total. The zero-order valence-corrected chi connectivity index (χ0v) is 18.1. The van der Waals surface area contributed by atoms with Gasteiger partial charge in [-0.05, 0) is 47.9 Å². The minimum Gasteiger partial charge on any atom is -0.481 e. The van der Waals surface area contributed by atoms with Gasteiger partial charge in [-0.2, -0.15) is 0 Å². The summed E-state index contributed by atoms with van der Waals surface area (Å²) in [6.07, 6.45) is 2.60. The minimum atomic E-state index is -0.819. The highest BCUT2D eigenvalue weighted by Crippen LogP contribution is 2.44. The van der Waals surface area contributed by atoms with Gasteiger partial charge >= 0.3 is 12.1 Å². The molecule has 0 bridgehead atoms. The van der Waals surface area contributed by atoms with Crippen LogP contribution in [0.5, 0.6) is 0 Å². The fraction of sp³-hybridized carbons (Fsp3) is 0.400. The quantitative estimate of drug-likeness (QED) is 0.433. The third-order valence-electron chi connectivity index (χ3n) is 5.58. The van der Waals surface area contributed by atoms with Crippen molar-refractivity contribution in [2.24, 2.45) is 0 Å². The fourth-order valence-electron chi connectivity index (χ4n) is 3.97. The minimum absolute atomic E-state index is 0.0346. The van der Waals surface area contributed by atoms with Gasteiger partial charge in [0.25, 0.3) is 0 Å². The molecule has 0 atom stereocenters. The van der Waals surface area contributed by atoms with Crippen LogP contribution in [-0.4, -0.2) is 42.8 Å². The van der Waals surface area contributed by atoms with Crippen LogP contribution in [0.3, 0.4) is 0 Å². The monoisotopic (exact) mass is 438 g/mol. The van der Waals surface area contributed by atoms with Gasteiger partial charge in [0, 0.05) is 31.8 Å². The van der Waals surface area contributed by atoms with Crippen LogP contribution in [0.25, 0.3) is 11.1 Å². The molecule has 7 nitrogen and oxygen atoms in total. The first kappa shape index (κ1) is 23.3. The molecule has 0 aromatic heterocycles. The van der Waals surface area contributed by atoms with Gasteiger partial charge in [-0.25, -0.2) is 4.79 Å². The first-order valence-electron chi connectivity index (χ1n) is 11.1. The molecule has 0 aliphatic heterocycles. The average Bonchev–Trinajstić information content (AvgIpc) is 3.11.